The number of carbonyl (C=O) groups excluding carboxylic acids is 1. The lowest BCUT2D eigenvalue weighted by Crippen LogP contribution is -2.30. The molecule has 0 aliphatic carbocycles. The summed E-state index contributed by atoms with van der Waals surface area (Å²) in [5.74, 6) is -0.581. The summed E-state index contributed by atoms with van der Waals surface area (Å²) in [6.07, 6.45) is 1.98. The fourth-order valence-corrected chi connectivity index (χ4v) is 3.35. The Morgan fingerprint density at radius 1 is 1.07 bits per heavy atom. The number of nitrogens with one attached hydrogen (secondary N) is 1. The molecule has 2 aromatic carbocycles. The van der Waals surface area contributed by atoms with Crippen LogP contribution in [-0.2, 0) is 11.3 Å². The lowest BCUT2D eigenvalue weighted by atomic mass is 10.1. The molecule has 2 heterocycles. The zero-order valence-corrected chi connectivity index (χ0v) is 16.0. The minimum absolute atomic E-state index is 0.171. The van der Waals surface area contributed by atoms with Crippen molar-refractivity contribution in [3.05, 3.63) is 90.5 Å². The zero-order valence-electron chi connectivity index (χ0n) is 16.0. The van der Waals surface area contributed by atoms with E-state index in [1.807, 2.05) is 71.1 Å². The number of halogens is 1. The highest BCUT2D eigenvalue weighted by atomic mass is 19.1. The van der Waals surface area contributed by atoms with Crippen molar-refractivity contribution in [1.29, 1.82) is 0 Å². The minimum atomic E-state index is -0.380. The molecule has 4 aromatic rings. The summed E-state index contributed by atoms with van der Waals surface area (Å²) in [4.78, 5) is 19.1. The van der Waals surface area contributed by atoms with Crippen LogP contribution >= 0.6 is 0 Å². The fraction of sp³-hybridized carbons (Fsp3) is 0.130. The van der Waals surface area contributed by atoms with E-state index in [0.717, 1.165) is 22.6 Å². The number of hydrogen-bond donors (Lipinski definition) is 1. The van der Waals surface area contributed by atoms with Crippen LogP contribution < -0.4 is 5.32 Å². The van der Waals surface area contributed by atoms with Crippen LogP contribution in [0.4, 0.5) is 10.1 Å². The normalized spacial score (nSPS) is 11.1. The lowest BCUT2D eigenvalue weighted by molar-refractivity contribution is -0.117. The molecule has 0 radical (unpaired) electrons. The molecule has 6 heteroatoms. The molecule has 0 aliphatic rings. The maximum atomic E-state index is 13.3. The number of fused-ring (bicyclic) bond motifs is 1. The second-order valence-electron chi connectivity index (χ2n) is 6.93. The molecule has 29 heavy (non-hydrogen) atoms. The summed E-state index contributed by atoms with van der Waals surface area (Å²) in [5, 5.41) is 2.73. The van der Waals surface area contributed by atoms with Crippen LogP contribution in [0.25, 0.3) is 16.9 Å². The van der Waals surface area contributed by atoms with Gasteiger partial charge in [-0.15, -0.1) is 0 Å². The van der Waals surface area contributed by atoms with Gasteiger partial charge < -0.3 is 9.72 Å². The highest BCUT2D eigenvalue weighted by Gasteiger charge is 2.17. The van der Waals surface area contributed by atoms with Crippen molar-refractivity contribution in [3.63, 3.8) is 0 Å². The quantitative estimate of drug-likeness (QED) is 0.538. The molecule has 0 atom stereocenters. The third-order valence-electron chi connectivity index (χ3n) is 4.62. The first kappa shape index (κ1) is 18.8. The van der Waals surface area contributed by atoms with Gasteiger partial charge in [0.25, 0.3) is 0 Å². The lowest BCUT2D eigenvalue weighted by Gasteiger charge is -2.17. The number of amides is 1. The van der Waals surface area contributed by atoms with Crippen molar-refractivity contribution in [2.75, 3.05) is 18.9 Å². The van der Waals surface area contributed by atoms with Crippen LogP contribution in [0, 0.1) is 5.82 Å². The number of rotatable bonds is 6. The summed E-state index contributed by atoms with van der Waals surface area (Å²) in [6.45, 7) is 0.705. The summed E-state index contributed by atoms with van der Waals surface area (Å²) >= 11 is 0. The largest absolute Gasteiger partial charge is 0.325 e. The van der Waals surface area contributed by atoms with Crippen LogP contribution in [0.2, 0.25) is 0 Å². The molecule has 0 saturated carbocycles. The van der Waals surface area contributed by atoms with E-state index in [-0.39, 0.29) is 18.3 Å². The number of anilines is 1. The second-order valence-corrected chi connectivity index (χ2v) is 6.93. The molecule has 0 spiro atoms. The third-order valence-corrected chi connectivity index (χ3v) is 4.62. The van der Waals surface area contributed by atoms with Crippen molar-refractivity contribution < 1.29 is 9.18 Å². The number of pyridine rings is 1. The van der Waals surface area contributed by atoms with E-state index >= 15 is 0 Å². The highest BCUT2D eigenvalue weighted by Crippen LogP contribution is 2.25. The maximum Gasteiger partial charge on any atom is 0.238 e. The number of imidazole rings is 1. The Hall–Kier alpha value is -3.51. The monoisotopic (exact) mass is 388 g/mol. The molecule has 0 fully saturated rings. The summed E-state index contributed by atoms with van der Waals surface area (Å²) in [7, 11) is 1.88. The van der Waals surface area contributed by atoms with Crippen molar-refractivity contribution in [3.8, 4) is 11.3 Å². The van der Waals surface area contributed by atoms with Crippen molar-refractivity contribution in [2.24, 2.45) is 0 Å². The van der Waals surface area contributed by atoms with Gasteiger partial charge in [0, 0.05) is 24.0 Å². The Kier molecular flexibility index (Phi) is 5.35. The number of benzene rings is 2. The maximum absolute atomic E-state index is 13.3. The number of nitrogens with zero attached hydrogens (tertiary/aromatic N) is 3. The first-order chi connectivity index (χ1) is 14.1. The van der Waals surface area contributed by atoms with Gasteiger partial charge in [-0.25, -0.2) is 9.37 Å². The van der Waals surface area contributed by atoms with Crippen LogP contribution in [-0.4, -0.2) is 33.8 Å². The van der Waals surface area contributed by atoms with Gasteiger partial charge in [-0.3, -0.25) is 9.69 Å². The van der Waals surface area contributed by atoms with Crippen molar-refractivity contribution in [2.45, 2.75) is 6.54 Å². The number of aromatic nitrogens is 2. The average Bonchev–Trinajstić information content (AvgIpc) is 3.07. The van der Waals surface area contributed by atoms with Gasteiger partial charge in [-0.05, 0) is 37.4 Å². The number of carbonyl (C=O) groups is 1. The molecule has 1 N–H and O–H groups in total. The van der Waals surface area contributed by atoms with Gasteiger partial charge in [0.05, 0.1) is 17.9 Å². The smallest absolute Gasteiger partial charge is 0.238 e. The van der Waals surface area contributed by atoms with E-state index in [1.54, 1.807) is 12.1 Å². The van der Waals surface area contributed by atoms with E-state index in [0.29, 0.717) is 12.2 Å². The Balaban J connectivity index is 1.54. The van der Waals surface area contributed by atoms with Crippen molar-refractivity contribution >= 4 is 17.2 Å². The van der Waals surface area contributed by atoms with Gasteiger partial charge in [0.15, 0.2) is 0 Å². The Bertz CT molecular complexity index is 1140. The Morgan fingerprint density at radius 2 is 1.86 bits per heavy atom. The van der Waals surface area contributed by atoms with Crippen LogP contribution in [0.15, 0.2) is 79.0 Å². The predicted molar refractivity (Wildman–Crippen MR) is 112 cm³/mol. The van der Waals surface area contributed by atoms with Crippen LogP contribution in [0.3, 0.4) is 0 Å². The van der Waals surface area contributed by atoms with Gasteiger partial charge >= 0.3 is 0 Å². The summed E-state index contributed by atoms with van der Waals surface area (Å²) in [5.41, 5.74) is 4.24. The fourth-order valence-electron chi connectivity index (χ4n) is 3.35. The average molecular weight is 388 g/mol. The van der Waals surface area contributed by atoms with E-state index in [1.165, 1.54) is 12.1 Å². The molecule has 1 amide bonds. The highest BCUT2D eigenvalue weighted by molar-refractivity contribution is 5.92. The van der Waals surface area contributed by atoms with E-state index in [2.05, 4.69) is 5.32 Å². The van der Waals surface area contributed by atoms with Gasteiger partial charge in [0.2, 0.25) is 5.91 Å². The van der Waals surface area contributed by atoms with Gasteiger partial charge in [0.1, 0.15) is 11.5 Å². The van der Waals surface area contributed by atoms with Crippen LogP contribution in [0.5, 0.6) is 0 Å². The zero-order chi connectivity index (χ0) is 20.2. The number of hydrogen-bond acceptors (Lipinski definition) is 3. The molecular formula is C23H21FN4O. The molecular weight excluding hydrogens is 367 g/mol. The van der Waals surface area contributed by atoms with Crippen molar-refractivity contribution in [1.82, 2.24) is 14.3 Å². The SMILES string of the molecule is CN(CC(=O)Nc1cccc(F)c1)Cc1c(-c2ccccc2)nc2ccccn12. The standard InChI is InChI=1S/C23H21FN4O/c1-27(16-22(29)25-19-11-7-10-18(24)14-19)15-20-23(17-8-3-2-4-9-17)26-21-12-5-6-13-28(20)21/h2-14H,15-16H2,1H3,(H,25,29). The second kappa shape index (κ2) is 8.24. The van der Waals surface area contributed by atoms with E-state index in [4.69, 9.17) is 4.98 Å². The molecule has 0 bridgehead atoms. The third kappa shape index (κ3) is 4.33. The molecule has 0 saturated heterocycles. The molecule has 2 aromatic heterocycles. The Morgan fingerprint density at radius 3 is 2.66 bits per heavy atom. The molecule has 4 rings (SSSR count). The number of likely N-dealkylation sites (N-methyl/N-ethyl adjacent to an activating group) is 1. The Labute approximate surface area is 168 Å². The summed E-state index contributed by atoms with van der Waals surface area (Å²) in [6, 6.07) is 21.8. The van der Waals surface area contributed by atoms with E-state index in [9.17, 15) is 9.18 Å². The van der Waals surface area contributed by atoms with Gasteiger partial charge in [-0.1, -0.05) is 42.5 Å². The first-order valence-electron chi connectivity index (χ1n) is 9.35. The van der Waals surface area contributed by atoms with Crippen LogP contribution in [0.1, 0.15) is 5.69 Å². The topological polar surface area (TPSA) is 49.6 Å². The van der Waals surface area contributed by atoms with Gasteiger partial charge in [-0.2, -0.15) is 0 Å². The van der Waals surface area contributed by atoms with E-state index < -0.39 is 0 Å². The molecule has 5 nitrogen and oxygen atoms in total. The molecule has 0 aliphatic heterocycles. The first-order valence-corrected chi connectivity index (χ1v) is 9.35. The molecule has 146 valence electrons. The summed E-state index contributed by atoms with van der Waals surface area (Å²) < 4.78 is 15.4. The predicted octanol–water partition coefficient (Wildman–Crippen LogP) is 4.21. The minimum Gasteiger partial charge on any atom is -0.325 e. The molecule has 0 unspecified atom stereocenters.